The smallest absolute Gasteiger partial charge is 0.446 e. The van der Waals surface area contributed by atoms with Crippen LogP contribution in [0.15, 0.2) is 59.6 Å². The highest BCUT2D eigenvalue weighted by atomic mass is 32.3. The van der Waals surface area contributed by atoms with Crippen molar-refractivity contribution in [2.24, 2.45) is 16.6 Å². The van der Waals surface area contributed by atoms with Gasteiger partial charge < -0.3 is 182 Å². The zero-order chi connectivity index (χ0) is 103. The number of amides is 11. The first-order chi connectivity index (χ1) is 64.7. The maximum atomic E-state index is 15.1. The molecule has 55 nitrogen and oxygen atoms in total. The lowest BCUT2D eigenvalue weighted by atomic mass is 9.88. The molecule has 5 fully saturated rings. The predicted octanol–water partition coefficient (Wildman–Crippen LogP) is -12.2. The van der Waals surface area contributed by atoms with E-state index in [2.05, 4.69) is 57.0 Å². The summed E-state index contributed by atoms with van der Waals surface area (Å²) < 4.78 is 83.3. The van der Waals surface area contributed by atoms with E-state index >= 15 is 9.59 Å². The van der Waals surface area contributed by atoms with Gasteiger partial charge in [0.1, 0.15) is 146 Å². The van der Waals surface area contributed by atoms with Gasteiger partial charge in [0.15, 0.2) is 18.9 Å². The van der Waals surface area contributed by atoms with Crippen molar-refractivity contribution >= 4 is 105 Å². The van der Waals surface area contributed by atoms with Crippen LogP contribution in [0.1, 0.15) is 117 Å². The minimum Gasteiger partial charge on any atom is -0.862 e. The van der Waals surface area contributed by atoms with Gasteiger partial charge in [-0.1, -0.05) is 56.3 Å². The Bertz CT molecular complexity index is 4700. The molecular formula is C82H119N12O43S-. The summed E-state index contributed by atoms with van der Waals surface area (Å²) in [5, 5.41) is 196. The highest BCUT2D eigenvalue weighted by Gasteiger charge is 2.61. The summed E-state index contributed by atoms with van der Waals surface area (Å²) in [5.41, 5.74) is 6.20. The zero-order valence-corrected chi connectivity index (χ0v) is 76.2. The van der Waals surface area contributed by atoms with Gasteiger partial charge in [0.05, 0.1) is 51.1 Å². The minimum absolute atomic E-state index is 0.0544. The van der Waals surface area contributed by atoms with Crippen LogP contribution >= 0.6 is 0 Å². The first-order valence-corrected chi connectivity index (χ1v) is 44.7. The van der Waals surface area contributed by atoms with E-state index in [1.54, 1.807) is 44.2 Å². The van der Waals surface area contributed by atoms with Crippen molar-refractivity contribution in [2.75, 3.05) is 33.0 Å². The lowest BCUT2D eigenvalue weighted by Gasteiger charge is -2.51. The maximum absolute atomic E-state index is 15.1. The molecule has 0 radical (unpaired) electrons. The van der Waals surface area contributed by atoms with E-state index in [-0.39, 0.29) is 43.5 Å². The number of carboxylic acids is 4. The number of carbonyl (C=O) groups is 15. The Labute approximate surface area is 786 Å². The van der Waals surface area contributed by atoms with Crippen molar-refractivity contribution < 1.29 is 209 Å². The highest BCUT2D eigenvalue weighted by molar-refractivity contribution is 7.81. The van der Waals surface area contributed by atoms with E-state index < -0.39 is 365 Å². The number of aliphatic carboxylic acids is 4. The largest absolute Gasteiger partial charge is 0.862 e. The van der Waals surface area contributed by atoms with Crippen LogP contribution in [0.3, 0.4) is 0 Å². The second-order valence-corrected chi connectivity index (χ2v) is 34.8. The summed E-state index contributed by atoms with van der Waals surface area (Å²) in [4.78, 5) is 209. The Morgan fingerprint density at radius 3 is 1.69 bits per heavy atom. The number of aliphatic hydroxyl groups is 11. The monoisotopic (exact) mass is 1990 g/mol. The molecule has 2 aromatic rings. The highest BCUT2D eigenvalue weighted by Crippen LogP contribution is 2.40. The number of hydrogen-bond donors (Lipinski definition) is 26. The van der Waals surface area contributed by atoms with Gasteiger partial charge >= 0.3 is 34.3 Å². The fraction of sp³-hybridized carbons (Fsp3) is 0.659. The predicted molar refractivity (Wildman–Crippen MR) is 455 cm³/mol. The normalized spacial score (nSPS) is 28.3. The summed E-state index contributed by atoms with van der Waals surface area (Å²) in [6.45, 7) is 3.22. The van der Waals surface area contributed by atoms with Crippen LogP contribution < -0.4 is 62.9 Å². The molecule has 2 aromatic carbocycles. The molecule has 7 rings (SSSR count). The van der Waals surface area contributed by atoms with E-state index in [4.69, 9.17) is 48.2 Å². The number of aliphatic hydroxyl groups excluding tert-OH is 11. The van der Waals surface area contributed by atoms with Crippen molar-refractivity contribution in [1.82, 2.24) is 52.8 Å². The summed E-state index contributed by atoms with van der Waals surface area (Å²) >= 11 is 0. The van der Waals surface area contributed by atoms with E-state index in [1.165, 1.54) is 12.1 Å². The third kappa shape index (κ3) is 32.2. The van der Waals surface area contributed by atoms with E-state index in [0.29, 0.717) is 5.56 Å². The Morgan fingerprint density at radius 2 is 1.14 bits per heavy atom. The summed E-state index contributed by atoms with van der Waals surface area (Å²) in [7, 11) is -4.95. The van der Waals surface area contributed by atoms with E-state index in [9.17, 15) is 152 Å². The molecule has 5 heterocycles. The molecule has 0 aliphatic carbocycles. The molecule has 0 unspecified atom stereocenters. The van der Waals surface area contributed by atoms with Gasteiger partial charge in [0, 0.05) is 59.4 Å². The fourth-order valence-corrected chi connectivity index (χ4v) is 16.3. The Hall–Kier alpha value is -11.1. The molecule has 0 bridgehead atoms. The van der Waals surface area contributed by atoms with Crippen LogP contribution in [0, 0.1) is 5.92 Å². The van der Waals surface area contributed by atoms with Gasteiger partial charge in [-0.05, 0) is 81.0 Å². The number of nitrogens with zero attached hydrogens (tertiary/aromatic N) is 2. The topological polar surface area (TPSA) is 870 Å². The molecule has 5 aliphatic heterocycles. The quantitative estimate of drug-likeness (QED) is 0.0166. The summed E-state index contributed by atoms with van der Waals surface area (Å²) in [6, 6.07) is -7.82. The van der Waals surface area contributed by atoms with E-state index in [0.717, 1.165) is 51.7 Å². The number of hydrogen-bond acceptors (Lipinski definition) is 39. The minimum atomic E-state index is -4.95. The average Bonchev–Trinajstić information content (AvgIpc) is 1.30. The molecule has 772 valence electrons. The van der Waals surface area contributed by atoms with Crippen molar-refractivity contribution in [2.45, 2.75) is 302 Å². The molecular weight excluding hydrogens is 1870 g/mol. The molecule has 0 saturated carbocycles. The van der Waals surface area contributed by atoms with Crippen LogP contribution in [0.4, 0.5) is 0 Å². The molecule has 27 N–H and O–H groups in total. The van der Waals surface area contributed by atoms with Gasteiger partial charge in [0.2, 0.25) is 65.0 Å². The van der Waals surface area contributed by atoms with Crippen LogP contribution in [0.2, 0.25) is 0 Å². The van der Waals surface area contributed by atoms with Gasteiger partial charge in [-0.15, -0.1) is 0 Å². The third-order valence-corrected chi connectivity index (χ3v) is 23.0. The number of nitrogens with two attached hydrogens (primary N) is 1. The van der Waals surface area contributed by atoms with Crippen molar-refractivity contribution in [3.8, 4) is 5.75 Å². The number of carboxylic acid groups (broad SMARTS) is 4. The number of rotatable bonds is 50. The molecule has 0 aromatic heterocycles. The third-order valence-electron chi connectivity index (χ3n) is 22.6. The first kappa shape index (κ1) is 114. The number of primary amides is 1. The Kier molecular flexibility index (Phi) is 42.7. The summed E-state index contributed by atoms with van der Waals surface area (Å²) in [6.07, 6.45) is -45.6. The number of carbonyl (C=O) groups excluding carboxylic acids is 11. The van der Waals surface area contributed by atoms with Gasteiger partial charge in [-0.25, -0.2) is 4.79 Å². The lowest BCUT2D eigenvalue weighted by Crippen LogP contribution is -2.71. The molecule has 5 aliphatic rings. The Morgan fingerprint density at radius 1 is 0.594 bits per heavy atom. The average molecular weight is 1990 g/mol. The first-order valence-electron chi connectivity index (χ1n) is 43.4. The molecule has 138 heavy (non-hydrogen) atoms. The van der Waals surface area contributed by atoms with Crippen LogP contribution in [-0.2, 0) is 133 Å². The molecule has 30 atom stereocenters. The number of aliphatic imine (C=N–C) groups is 1. The molecule has 0 spiro atoms. The maximum Gasteiger partial charge on any atom is 0.446 e. The molecule has 11 amide bonds. The van der Waals surface area contributed by atoms with Crippen LogP contribution in [0.5, 0.6) is 5.75 Å². The van der Waals surface area contributed by atoms with Gasteiger partial charge in [-0.2, -0.15) is 8.42 Å². The number of likely N-dealkylation sites (tertiary alicyclic amines) is 1. The summed E-state index contributed by atoms with van der Waals surface area (Å²) in [5.74, 6) is -24.5. The fourth-order valence-electron chi connectivity index (χ4n) is 15.9. The second-order valence-electron chi connectivity index (χ2n) is 33.8. The standard InChI is InChI=1S/C82H120N12O43S/c1-33(2)24-47(92-73(119)45(25-39-12-9-8-10-13-39)90-74(120)46(27-56(108)109)91-72(118)44(84-35(4)98)26-40-15-17-41(18-16-40)137-138(126,127)128)77(123)94-23-11-14-48(94)75(121)89-43(20-22-55(106)107)71(117)93-57(76(122)88-42(70(83)116)19-21-54(104)105)34(3)130-79-59(86-37(6)100)64(113)62(111)53(133-79)32-129-78-60(87-38(7)101)65(114)67(52(31-97)132-78)134-80-66(115)69(63(112)51(30-96)131-80)136-82(81(124)125)28-49(102)58(85-36(5)99)68(135-82)61(110)50(103)29-95/h8-10,12-13,15-18,33-34,42-53,57-69,78-80,95-97,102-103,110-115H,11,14,19-32H2,1-7H3,(H2,83,116)(H,84,98)(H,85,99)(H,86,100)(H,87,101)(H,88,122)(H,89,121)(H,90,120)(H,91,118)(H,92,119)(H,93,117)(H,104,105)(H,106,107)(H,108,109)(H,124,125)(H,126,127,128)/p-1/t34-,42+,43+,44+,45+,46+,47+,48+,49+,50-,51-,52-,53-,57+,58-,59-,60-,61-,62+,63+,64-,65-,66-,67-,68-,69+,78-,79+,80+,82+/m1/s1. The molecule has 56 heteroatoms. The molecule has 5 saturated heterocycles. The SMILES string of the molecule is CC(=O)N[C@H]1[C@H](OC[C@H]2O[C@H](O[C@H](C)[C@H](NC(=O)[C@H](CCC(=O)O)NC(=O)[C@@H]3CCCN3C(=O)[C@H](CC(C)C)NC(=O)[C@H](Cc3ccccc3)NC(=O)[C@H](CC(=O)O)NC(=O)[C@H](Cc3ccc(OS(=O)(=O)O)cc3)N=C(C)[O-])C(=O)N[C@@H](CCC(=O)O)C(N)=O)[C@H](NC(C)=O)[C@@H](O)[C@H]2O)O[C@H](CO)[C@@H](O[C@@H]2O[C@H](CO)[C@H](O)[C@H](O[C@]3(C(=O)O)C[C@H](O)[C@@H](NC(C)=O)[C@H]([C@H](O)[C@H](O)CO)O3)[C@H]2O)[C@@H]1O. The van der Waals surface area contributed by atoms with Gasteiger partial charge in [0.25, 0.3) is 5.79 Å². The number of ether oxygens (including phenoxy) is 8. The van der Waals surface area contributed by atoms with Crippen molar-refractivity contribution in [3.63, 3.8) is 0 Å². The van der Waals surface area contributed by atoms with E-state index in [1.807, 2.05) is 0 Å². The van der Waals surface area contributed by atoms with Crippen LogP contribution in [0.25, 0.3) is 0 Å². The van der Waals surface area contributed by atoms with Gasteiger partial charge in [-0.3, -0.25) is 76.7 Å². The van der Waals surface area contributed by atoms with Crippen molar-refractivity contribution in [3.05, 3.63) is 65.7 Å². The number of benzene rings is 2. The number of nitrogens with one attached hydrogen (secondary N) is 9. The van der Waals surface area contributed by atoms with Crippen LogP contribution in [-0.4, -0.2) is 405 Å². The second kappa shape index (κ2) is 51.7. The van der Waals surface area contributed by atoms with Crippen molar-refractivity contribution in [1.29, 1.82) is 0 Å². The zero-order valence-electron chi connectivity index (χ0n) is 75.4. The lowest BCUT2D eigenvalue weighted by molar-refractivity contribution is -0.383. The Balaban J connectivity index is 1.13.